The largest absolute Gasteiger partial charge is 0.507 e. The van der Waals surface area contributed by atoms with Crippen LogP contribution < -0.4 is 4.74 Å². The normalized spacial score (nSPS) is 11.5. The number of hydrogen-bond donors (Lipinski definition) is 1. The second kappa shape index (κ2) is 8.64. The van der Waals surface area contributed by atoms with Gasteiger partial charge in [-0.05, 0) is 52.8 Å². The molecule has 152 valence electrons. The summed E-state index contributed by atoms with van der Waals surface area (Å²) in [5.74, 6) is 0.517. The van der Waals surface area contributed by atoms with Gasteiger partial charge in [0.25, 0.3) is 0 Å². The molecule has 0 bridgehead atoms. The number of alkyl halides is 2. The zero-order valence-corrected chi connectivity index (χ0v) is 17.1. The third-order valence-electron chi connectivity index (χ3n) is 5.05. The standard InChI is InChI=1S/C25H26F2O2/c1-15(2)18-10-11-23(28)21(12-18)22-14-19(16(3)4)13-20(24(22)29-25(26)27)17-8-6-5-7-9-17/h5-16,25,28H,1-4H3. The van der Waals surface area contributed by atoms with Crippen LogP contribution in [0.4, 0.5) is 8.78 Å². The van der Waals surface area contributed by atoms with E-state index in [-0.39, 0.29) is 23.3 Å². The first-order valence-electron chi connectivity index (χ1n) is 9.79. The fourth-order valence-electron chi connectivity index (χ4n) is 3.36. The van der Waals surface area contributed by atoms with E-state index in [1.807, 2.05) is 82.3 Å². The summed E-state index contributed by atoms with van der Waals surface area (Å²) in [6.07, 6.45) is 0. The second-order valence-corrected chi connectivity index (χ2v) is 7.78. The number of phenols is 1. The first-order valence-corrected chi connectivity index (χ1v) is 9.79. The van der Waals surface area contributed by atoms with Gasteiger partial charge in [-0.1, -0.05) is 64.1 Å². The molecule has 0 radical (unpaired) electrons. The number of halogens is 2. The Morgan fingerprint density at radius 1 is 0.724 bits per heavy atom. The molecular weight excluding hydrogens is 370 g/mol. The lowest BCUT2D eigenvalue weighted by Crippen LogP contribution is -2.06. The van der Waals surface area contributed by atoms with E-state index in [4.69, 9.17) is 4.74 Å². The molecule has 29 heavy (non-hydrogen) atoms. The molecule has 3 aromatic carbocycles. The summed E-state index contributed by atoms with van der Waals surface area (Å²) in [5, 5.41) is 10.6. The molecule has 0 saturated heterocycles. The monoisotopic (exact) mass is 396 g/mol. The zero-order valence-electron chi connectivity index (χ0n) is 17.1. The van der Waals surface area contributed by atoms with Crippen molar-refractivity contribution >= 4 is 0 Å². The Morgan fingerprint density at radius 3 is 1.90 bits per heavy atom. The van der Waals surface area contributed by atoms with Crippen LogP contribution in [0.3, 0.4) is 0 Å². The zero-order chi connectivity index (χ0) is 21.1. The lowest BCUT2D eigenvalue weighted by molar-refractivity contribution is -0.0490. The number of phenolic OH excluding ortho intramolecular Hbond substituents is 1. The highest BCUT2D eigenvalue weighted by atomic mass is 19.3. The molecule has 0 atom stereocenters. The van der Waals surface area contributed by atoms with Crippen LogP contribution >= 0.6 is 0 Å². The number of hydrogen-bond acceptors (Lipinski definition) is 2. The van der Waals surface area contributed by atoms with E-state index in [0.29, 0.717) is 16.7 Å². The van der Waals surface area contributed by atoms with Crippen LogP contribution in [-0.4, -0.2) is 11.7 Å². The third-order valence-corrected chi connectivity index (χ3v) is 5.05. The van der Waals surface area contributed by atoms with Gasteiger partial charge in [-0.2, -0.15) is 8.78 Å². The Kier molecular flexibility index (Phi) is 6.21. The molecule has 2 nitrogen and oxygen atoms in total. The van der Waals surface area contributed by atoms with E-state index in [1.165, 1.54) is 0 Å². The summed E-state index contributed by atoms with van der Waals surface area (Å²) < 4.78 is 31.8. The Labute approximate surface area is 170 Å². The number of aromatic hydroxyl groups is 1. The maximum absolute atomic E-state index is 13.4. The van der Waals surface area contributed by atoms with Gasteiger partial charge in [-0.3, -0.25) is 0 Å². The first kappa shape index (κ1) is 20.8. The number of ether oxygens (including phenoxy) is 1. The third kappa shape index (κ3) is 4.58. The Morgan fingerprint density at radius 2 is 1.31 bits per heavy atom. The minimum atomic E-state index is -2.98. The van der Waals surface area contributed by atoms with Crippen molar-refractivity contribution in [2.75, 3.05) is 0 Å². The van der Waals surface area contributed by atoms with E-state index < -0.39 is 6.61 Å². The van der Waals surface area contributed by atoms with Gasteiger partial charge >= 0.3 is 6.61 Å². The van der Waals surface area contributed by atoms with Crippen LogP contribution in [0, 0.1) is 0 Å². The fraction of sp³-hybridized carbons (Fsp3) is 0.280. The van der Waals surface area contributed by atoms with Crippen LogP contribution in [0.2, 0.25) is 0 Å². The molecule has 0 unspecified atom stereocenters. The molecule has 3 aromatic rings. The maximum atomic E-state index is 13.4. The summed E-state index contributed by atoms with van der Waals surface area (Å²) in [4.78, 5) is 0. The average Bonchev–Trinajstić information content (AvgIpc) is 2.68. The van der Waals surface area contributed by atoms with E-state index in [1.54, 1.807) is 6.07 Å². The van der Waals surface area contributed by atoms with Gasteiger partial charge in [0.05, 0.1) is 0 Å². The lowest BCUT2D eigenvalue weighted by Gasteiger charge is -2.20. The van der Waals surface area contributed by atoms with Gasteiger partial charge in [-0.15, -0.1) is 0 Å². The molecule has 4 heteroatoms. The Bertz CT molecular complexity index is 980. The molecule has 0 fully saturated rings. The molecule has 0 saturated carbocycles. The van der Waals surface area contributed by atoms with Gasteiger partial charge < -0.3 is 9.84 Å². The Balaban J connectivity index is 2.36. The van der Waals surface area contributed by atoms with Crippen molar-refractivity contribution < 1.29 is 18.6 Å². The molecule has 3 rings (SSSR count). The van der Waals surface area contributed by atoms with E-state index in [0.717, 1.165) is 16.7 Å². The summed E-state index contributed by atoms with van der Waals surface area (Å²) >= 11 is 0. The van der Waals surface area contributed by atoms with Crippen LogP contribution in [0.5, 0.6) is 11.5 Å². The maximum Gasteiger partial charge on any atom is 0.387 e. The lowest BCUT2D eigenvalue weighted by atomic mass is 9.89. The number of benzene rings is 3. The summed E-state index contributed by atoms with van der Waals surface area (Å²) in [7, 11) is 0. The highest BCUT2D eigenvalue weighted by Crippen LogP contribution is 2.45. The van der Waals surface area contributed by atoms with E-state index >= 15 is 0 Å². The molecule has 0 aliphatic heterocycles. The van der Waals surface area contributed by atoms with Crippen molar-refractivity contribution in [2.45, 2.75) is 46.1 Å². The molecular formula is C25H26F2O2. The highest BCUT2D eigenvalue weighted by molar-refractivity contribution is 5.86. The molecule has 0 heterocycles. The van der Waals surface area contributed by atoms with Crippen LogP contribution in [-0.2, 0) is 0 Å². The average molecular weight is 396 g/mol. The topological polar surface area (TPSA) is 29.5 Å². The first-order chi connectivity index (χ1) is 13.8. The van der Waals surface area contributed by atoms with E-state index in [9.17, 15) is 13.9 Å². The van der Waals surface area contributed by atoms with Gasteiger partial charge in [0, 0.05) is 16.7 Å². The van der Waals surface area contributed by atoms with Gasteiger partial charge in [0.2, 0.25) is 0 Å². The van der Waals surface area contributed by atoms with Crippen molar-refractivity contribution in [3.8, 4) is 33.8 Å². The van der Waals surface area contributed by atoms with Crippen molar-refractivity contribution in [2.24, 2.45) is 0 Å². The minimum Gasteiger partial charge on any atom is -0.507 e. The summed E-state index contributed by atoms with van der Waals surface area (Å²) in [5.41, 5.74) is 4.32. The predicted octanol–water partition coefficient (Wildman–Crippen LogP) is 7.57. The van der Waals surface area contributed by atoms with Crippen LogP contribution in [0.1, 0.15) is 50.7 Å². The van der Waals surface area contributed by atoms with Crippen LogP contribution in [0.15, 0.2) is 60.7 Å². The molecule has 0 aliphatic rings. The molecule has 0 aliphatic carbocycles. The molecule has 1 N–H and O–H groups in total. The number of rotatable bonds is 6. The highest BCUT2D eigenvalue weighted by Gasteiger charge is 2.22. The smallest absolute Gasteiger partial charge is 0.387 e. The Hall–Kier alpha value is -2.88. The quantitative estimate of drug-likeness (QED) is 0.465. The SMILES string of the molecule is CC(C)c1ccc(O)c(-c2cc(C(C)C)cc(-c3ccccc3)c2OC(F)F)c1. The van der Waals surface area contributed by atoms with Crippen molar-refractivity contribution in [1.82, 2.24) is 0 Å². The van der Waals surface area contributed by atoms with Gasteiger partial charge in [0.15, 0.2) is 0 Å². The van der Waals surface area contributed by atoms with Crippen LogP contribution in [0.25, 0.3) is 22.3 Å². The molecule has 0 spiro atoms. The predicted molar refractivity (Wildman–Crippen MR) is 114 cm³/mol. The van der Waals surface area contributed by atoms with Crippen molar-refractivity contribution in [3.05, 3.63) is 71.8 Å². The fourth-order valence-corrected chi connectivity index (χ4v) is 3.36. The van der Waals surface area contributed by atoms with Crippen molar-refractivity contribution in [1.29, 1.82) is 0 Å². The molecule has 0 amide bonds. The van der Waals surface area contributed by atoms with Gasteiger partial charge in [-0.25, -0.2) is 0 Å². The van der Waals surface area contributed by atoms with E-state index in [2.05, 4.69) is 0 Å². The second-order valence-electron chi connectivity index (χ2n) is 7.78. The van der Waals surface area contributed by atoms with Crippen molar-refractivity contribution in [3.63, 3.8) is 0 Å². The minimum absolute atomic E-state index is 0.0356. The molecule has 0 aromatic heterocycles. The van der Waals surface area contributed by atoms with Gasteiger partial charge in [0.1, 0.15) is 11.5 Å². The summed E-state index contributed by atoms with van der Waals surface area (Å²) in [6, 6.07) is 18.4. The summed E-state index contributed by atoms with van der Waals surface area (Å²) in [6.45, 7) is 5.22.